The van der Waals surface area contributed by atoms with Crippen molar-refractivity contribution < 1.29 is 0 Å². The van der Waals surface area contributed by atoms with Gasteiger partial charge in [-0.05, 0) is 54.2 Å². The summed E-state index contributed by atoms with van der Waals surface area (Å²) in [5.41, 5.74) is 4.37. The van der Waals surface area contributed by atoms with E-state index >= 15 is 0 Å². The summed E-state index contributed by atoms with van der Waals surface area (Å²) in [5.74, 6) is 2.33. The van der Waals surface area contributed by atoms with Crippen LogP contribution in [0.3, 0.4) is 0 Å². The maximum Gasteiger partial charge on any atom is -0.0120 e. The Balaban J connectivity index is 1.45. The van der Waals surface area contributed by atoms with Crippen LogP contribution >= 0.6 is 0 Å². The molecule has 0 bridgehead atoms. The highest BCUT2D eigenvalue weighted by Crippen LogP contribution is 2.32. The first kappa shape index (κ1) is 31.2. The zero-order valence-electron chi connectivity index (χ0n) is 25.0. The molecule has 0 spiro atoms. The molecule has 1 atom stereocenters. The lowest BCUT2D eigenvalue weighted by Crippen LogP contribution is -2.20. The molecular formula is C39H55. The molecule has 0 amide bonds. The smallest absolute Gasteiger partial charge is 0.0120 e. The van der Waals surface area contributed by atoms with Crippen molar-refractivity contribution in [3.05, 3.63) is 114 Å². The van der Waals surface area contributed by atoms with Crippen LogP contribution in [0.4, 0.5) is 0 Å². The van der Waals surface area contributed by atoms with Crippen LogP contribution in [0.1, 0.15) is 120 Å². The Morgan fingerprint density at radius 1 is 0.436 bits per heavy atom. The zero-order chi connectivity index (χ0) is 27.2. The summed E-state index contributed by atoms with van der Waals surface area (Å²) < 4.78 is 0. The molecule has 0 aliphatic rings. The minimum Gasteiger partial charge on any atom is -0.0654 e. The molecule has 3 rings (SSSR count). The van der Waals surface area contributed by atoms with Crippen LogP contribution in [-0.2, 0) is 19.3 Å². The predicted molar refractivity (Wildman–Crippen MR) is 172 cm³/mol. The van der Waals surface area contributed by atoms with E-state index in [0.29, 0.717) is 5.92 Å². The standard InChI is InChI=1S/C39H55/c1-2-3-4-5-6-7-8-9-10-11-12-13-14-24-31-38(32-35-25-18-15-19-26-35)39(33-36-27-20-16-21-28-36)34-37-29-22-17-23-30-37/h15-23,25-30,38H,2-14,24,31-34H2,1H3. The molecule has 1 unspecified atom stereocenters. The van der Waals surface area contributed by atoms with Gasteiger partial charge in [-0.1, -0.05) is 188 Å². The Bertz CT molecular complexity index is 888. The van der Waals surface area contributed by atoms with Gasteiger partial charge in [-0.3, -0.25) is 0 Å². The Morgan fingerprint density at radius 2 is 0.795 bits per heavy atom. The molecule has 0 fully saturated rings. The number of hydrogen-bond acceptors (Lipinski definition) is 0. The maximum absolute atomic E-state index is 2.32. The van der Waals surface area contributed by atoms with Crippen LogP contribution in [0.5, 0.6) is 0 Å². The normalized spacial score (nSPS) is 12.2. The third-order valence-electron chi connectivity index (χ3n) is 8.36. The Hall–Kier alpha value is -2.34. The van der Waals surface area contributed by atoms with Gasteiger partial charge in [-0.15, -0.1) is 0 Å². The van der Waals surface area contributed by atoms with Crippen molar-refractivity contribution in [1.29, 1.82) is 0 Å². The van der Waals surface area contributed by atoms with Crippen molar-refractivity contribution in [2.24, 2.45) is 5.92 Å². The maximum atomic E-state index is 2.32. The molecule has 3 aromatic rings. The molecule has 0 nitrogen and oxygen atoms in total. The topological polar surface area (TPSA) is 0 Å². The average molecular weight is 524 g/mol. The van der Waals surface area contributed by atoms with Crippen molar-refractivity contribution in [3.8, 4) is 0 Å². The van der Waals surface area contributed by atoms with Crippen LogP contribution in [0.2, 0.25) is 0 Å². The second-order valence-corrected chi connectivity index (χ2v) is 11.8. The number of hydrogen-bond donors (Lipinski definition) is 0. The Labute approximate surface area is 241 Å². The molecule has 3 aromatic carbocycles. The van der Waals surface area contributed by atoms with Crippen LogP contribution in [-0.4, -0.2) is 0 Å². The van der Waals surface area contributed by atoms with E-state index in [1.165, 1.54) is 113 Å². The van der Waals surface area contributed by atoms with Crippen molar-refractivity contribution >= 4 is 0 Å². The van der Waals surface area contributed by atoms with Gasteiger partial charge in [0.25, 0.3) is 0 Å². The number of rotatable bonds is 22. The largest absolute Gasteiger partial charge is 0.0654 e. The second-order valence-electron chi connectivity index (χ2n) is 11.8. The first-order valence-corrected chi connectivity index (χ1v) is 16.3. The second kappa shape index (κ2) is 20.5. The van der Waals surface area contributed by atoms with E-state index in [1.807, 2.05) is 0 Å². The molecule has 0 saturated carbocycles. The van der Waals surface area contributed by atoms with Gasteiger partial charge < -0.3 is 0 Å². The van der Waals surface area contributed by atoms with Gasteiger partial charge >= 0.3 is 0 Å². The fourth-order valence-corrected chi connectivity index (χ4v) is 6.00. The van der Waals surface area contributed by atoms with Gasteiger partial charge in [0, 0.05) is 0 Å². The average Bonchev–Trinajstić information content (AvgIpc) is 2.98. The van der Waals surface area contributed by atoms with Gasteiger partial charge in [0.05, 0.1) is 0 Å². The predicted octanol–water partition coefficient (Wildman–Crippen LogP) is 11.8. The third kappa shape index (κ3) is 14.0. The fraction of sp³-hybridized carbons (Fsp3) is 0.513. The molecule has 0 aliphatic carbocycles. The van der Waals surface area contributed by atoms with Gasteiger partial charge in [0.2, 0.25) is 0 Å². The molecule has 0 aromatic heterocycles. The summed E-state index contributed by atoms with van der Waals surface area (Å²) >= 11 is 0. The molecular weight excluding hydrogens is 468 g/mol. The van der Waals surface area contributed by atoms with E-state index in [0.717, 1.165) is 19.3 Å². The molecule has 0 heterocycles. The molecule has 0 saturated heterocycles. The van der Waals surface area contributed by atoms with E-state index in [9.17, 15) is 0 Å². The number of unbranched alkanes of at least 4 members (excludes halogenated alkanes) is 13. The molecule has 39 heavy (non-hydrogen) atoms. The molecule has 0 heteroatoms. The van der Waals surface area contributed by atoms with E-state index in [1.54, 1.807) is 5.92 Å². The highest BCUT2D eigenvalue weighted by Gasteiger charge is 2.23. The van der Waals surface area contributed by atoms with Gasteiger partial charge in [-0.2, -0.15) is 0 Å². The van der Waals surface area contributed by atoms with E-state index in [4.69, 9.17) is 0 Å². The third-order valence-corrected chi connectivity index (χ3v) is 8.36. The fourth-order valence-electron chi connectivity index (χ4n) is 6.00. The van der Waals surface area contributed by atoms with Gasteiger partial charge in [0.1, 0.15) is 0 Å². The first-order valence-electron chi connectivity index (χ1n) is 16.3. The van der Waals surface area contributed by atoms with Crippen LogP contribution in [0, 0.1) is 11.8 Å². The summed E-state index contributed by atoms with van der Waals surface area (Å²) in [7, 11) is 0. The lowest BCUT2D eigenvalue weighted by molar-refractivity contribution is 0.437. The zero-order valence-corrected chi connectivity index (χ0v) is 25.0. The Kier molecular flexibility index (Phi) is 16.4. The van der Waals surface area contributed by atoms with E-state index in [2.05, 4.69) is 97.9 Å². The molecule has 1 radical (unpaired) electrons. The monoisotopic (exact) mass is 523 g/mol. The minimum atomic E-state index is 0.630. The highest BCUT2D eigenvalue weighted by atomic mass is 14.3. The van der Waals surface area contributed by atoms with Crippen molar-refractivity contribution in [1.82, 2.24) is 0 Å². The molecule has 0 aliphatic heterocycles. The van der Waals surface area contributed by atoms with Crippen LogP contribution in [0.15, 0.2) is 91.0 Å². The molecule has 0 N–H and O–H groups in total. The molecule has 211 valence electrons. The lowest BCUT2D eigenvalue weighted by atomic mass is 9.76. The van der Waals surface area contributed by atoms with Crippen molar-refractivity contribution in [2.45, 2.75) is 122 Å². The highest BCUT2D eigenvalue weighted by molar-refractivity contribution is 5.27. The minimum absolute atomic E-state index is 0.630. The van der Waals surface area contributed by atoms with E-state index < -0.39 is 0 Å². The van der Waals surface area contributed by atoms with Crippen LogP contribution in [0.25, 0.3) is 0 Å². The van der Waals surface area contributed by atoms with Crippen LogP contribution < -0.4 is 0 Å². The van der Waals surface area contributed by atoms with Gasteiger partial charge in [0.15, 0.2) is 0 Å². The summed E-state index contributed by atoms with van der Waals surface area (Å²) in [6.07, 6.45) is 24.6. The van der Waals surface area contributed by atoms with Crippen molar-refractivity contribution in [2.75, 3.05) is 0 Å². The lowest BCUT2D eigenvalue weighted by Gasteiger charge is -2.28. The van der Waals surface area contributed by atoms with E-state index in [-0.39, 0.29) is 0 Å². The van der Waals surface area contributed by atoms with Gasteiger partial charge in [-0.25, -0.2) is 0 Å². The summed E-state index contributed by atoms with van der Waals surface area (Å²) in [6.45, 7) is 2.30. The Morgan fingerprint density at radius 3 is 1.21 bits per heavy atom. The number of benzene rings is 3. The summed E-state index contributed by atoms with van der Waals surface area (Å²) in [4.78, 5) is 0. The quantitative estimate of drug-likeness (QED) is 0.115. The SMILES string of the molecule is CCCCCCCCCCCCCCCCC(Cc1ccccc1)[C](Cc1ccccc1)Cc1ccccc1. The van der Waals surface area contributed by atoms with Crippen molar-refractivity contribution in [3.63, 3.8) is 0 Å². The first-order chi connectivity index (χ1) is 19.3. The summed E-state index contributed by atoms with van der Waals surface area (Å²) in [5, 5.41) is 0. The summed E-state index contributed by atoms with van der Waals surface area (Å²) in [6, 6.07) is 33.4.